The van der Waals surface area contributed by atoms with Crippen LogP contribution in [0.25, 0.3) is 0 Å². The molecule has 0 saturated carbocycles. The zero-order valence-corrected chi connectivity index (χ0v) is 10.7. The van der Waals surface area contributed by atoms with Crippen LogP contribution in [0.5, 0.6) is 0 Å². The molecule has 4 amide bonds. The molecule has 0 unspecified atom stereocenters. The molecule has 0 aliphatic carbocycles. The van der Waals surface area contributed by atoms with E-state index in [2.05, 4.69) is 0 Å². The Bertz CT molecular complexity index is 483. The highest BCUT2D eigenvalue weighted by atomic mass is 19.4. The predicted octanol–water partition coefficient (Wildman–Crippen LogP) is -0.174. The van der Waals surface area contributed by atoms with E-state index in [0.29, 0.717) is 5.06 Å². The van der Waals surface area contributed by atoms with Gasteiger partial charge in [0.25, 0.3) is 11.8 Å². The third kappa shape index (κ3) is 2.93. The Morgan fingerprint density at radius 3 is 2.57 bits per heavy atom. The van der Waals surface area contributed by atoms with Crippen molar-refractivity contribution in [2.75, 3.05) is 6.54 Å². The number of halogens is 3. The van der Waals surface area contributed by atoms with Crippen LogP contribution in [0.2, 0.25) is 0 Å². The van der Waals surface area contributed by atoms with Crippen LogP contribution < -0.4 is 5.84 Å². The highest BCUT2D eigenvalue weighted by molar-refractivity contribution is 5.99. The molecule has 0 aromatic heterocycles. The summed E-state index contributed by atoms with van der Waals surface area (Å²) in [5.74, 6) is 2.44. The summed E-state index contributed by atoms with van der Waals surface area (Å²) in [6.07, 6.45) is -6.24. The van der Waals surface area contributed by atoms with Gasteiger partial charge in [-0.3, -0.25) is 14.8 Å². The SMILES string of the molecule is NN(C(=O)CC(F)(F)F)C(=O)[C@H]1CC[C@H]2CN1C(=O)N2O. The third-order valence-electron chi connectivity index (χ3n) is 3.49. The molecular formula is C10H13F3N4O4. The first-order valence-electron chi connectivity index (χ1n) is 6.09. The molecule has 0 aromatic carbocycles. The van der Waals surface area contributed by atoms with Gasteiger partial charge >= 0.3 is 12.2 Å². The van der Waals surface area contributed by atoms with Crippen LogP contribution in [-0.4, -0.2) is 62.8 Å². The first-order valence-corrected chi connectivity index (χ1v) is 6.09. The van der Waals surface area contributed by atoms with Crippen LogP contribution in [0.4, 0.5) is 18.0 Å². The monoisotopic (exact) mass is 310 g/mol. The van der Waals surface area contributed by atoms with Gasteiger partial charge in [0.05, 0.1) is 6.04 Å². The number of carbonyl (C=O) groups is 3. The largest absolute Gasteiger partial charge is 0.397 e. The number of alkyl halides is 3. The van der Waals surface area contributed by atoms with E-state index in [1.165, 1.54) is 0 Å². The number of amides is 4. The van der Waals surface area contributed by atoms with Crippen LogP contribution >= 0.6 is 0 Å². The molecule has 0 radical (unpaired) electrons. The quantitative estimate of drug-likeness (QED) is 0.318. The number of hydrogen-bond donors (Lipinski definition) is 2. The number of urea groups is 1. The zero-order valence-electron chi connectivity index (χ0n) is 10.7. The van der Waals surface area contributed by atoms with E-state index in [0.717, 1.165) is 4.90 Å². The van der Waals surface area contributed by atoms with Gasteiger partial charge in [0, 0.05) is 6.54 Å². The Kier molecular flexibility index (Phi) is 3.80. The number of imide groups is 1. The first-order chi connectivity index (χ1) is 9.61. The smallest absolute Gasteiger partial charge is 0.309 e. The summed E-state index contributed by atoms with van der Waals surface area (Å²) < 4.78 is 36.3. The maximum Gasteiger partial charge on any atom is 0.397 e. The van der Waals surface area contributed by atoms with Gasteiger partial charge in [-0.2, -0.15) is 13.2 Å². The maximum absolute atomic E-state index is 12.1. The molecule has 2 fully saturated rings. The minimum absolute atomic E-state index is 0.0625. The van der Waals surface area contributed by atoms with E-state index >= 15 is 0 Å². The van der Waals surface area contributed by atoms with E-state index in [4.69, 9.17) is 5.84 Å². The van der Waals surface area contributed by atoms with Gasteiger partial charge < -0.3 is 4.90 Å². The van der Waals surface area contributed by atoms with Crippen molar-refractivity contribution in [1.29, 1.82) is 0 Å². The second-order valence-electron chi connectivity index (χ2n) is 4.92. The topological polar surface area (TPSA) is 107 Å². The molecule has 2 saturated heterocycles. The Morgan fingerprint density at radius 2 is 2.00 bits per heavy atom. The molecule has 118 valence electrons. The van der Waals surface area contributed by atoms with Crippen molar-refractivity contribution >= 4 is 17.8 Å². The van der Waals surface area contributed by atoms with Crippen LogP contribution in [-0.2, 0) is 9.59 Å². The van der Waals surface area contributed by atoms with Crippen LogP contribution in [0.3, 0.4) is 0 Å². The van der Waals surface area contributed by atoms with E-state index in [9.17, 15) is 32.8 Å². The summed E-state index contributed by atoms with van der Waals surface area (Å²) in [6, 6.07) is -2.43. The van der Waals surface area contributed by atoms with Gasteiger partial charge in [0.15, 0.2) is 0 Å². The Morgan fingerprint density at radius 1 is 1.38 bits per heavy atom. The molecular weight excluding hydrogens is 297 g/mol. The maximum atomic E-state index is 12.1. The van der Waals surface area contributed by atoms with E-state index in [1.54, 1.807) is 0 Å². The van der Waals surface area contributed by atoms with Crippen molar-refractivity contribution in [3.05, 3.63) is 0 Å². The lowest BCUT2D eigenvalue weighted by molar-refractivity contribution is -0.166. The molecule has 8 nitrogen and oxygen atoms in total. The first kappa shape index (κ1) is 15.5. The summed E-state index contributed by atoms with van der Waals surface area (Å²) in [6.45, 7) is 0.0625. The van der Waals surface area contributed by atoms with Gasteiger partial charge in [0.1, 0.15) is 12.5 Å². The van der Waals surface area contributed by atoms with Crippen molar-refractivity contribution < 1.29 is 32.8 Å². The lowest BCUT2D eigenvalue weighted by Gasteiger charge is -2.31. The van der Waals surface area contributed by atoms with E-state index < -0.39 is 42.5 Å². The Balaban J connectivity index is 2.06. The van der Waals surface area contributed by atoms with Crippen LogP contribution in [0.1, 0.15) is 19.3 Å². The van der Waals surface area contributed by atoms with Gasteiger partial charge in [-0.05, 0) is 12.8 Å². The average Bonchev–Trinajstić information content (AvgIpc) is 2.61. The number of hydroxylamine groups is 2. The van der Waals surface area contributed by atoms with E-state index in [1.807, 2.05) is 0 Å². The molecule has 2 aliphatic rings. The summed E-state index contributed by atoms with van der Waals surface area (Å²) in [5, 5.41) is 9.81. The number of piperidine rings is 1. The Hall–Kier alpha value is -1.88. The number of nitrogens with zero attached hydrogens (tertiary/aromatic N) is 3. The standard InChI is InChI=1S/C10H13F3N4O4/c11-10(12,13)3-7(18)16(14)8(19)6-2-1-5-4-15(6)9(20)17(5)21/h5-6,21H,1-4,14H2/t5-,6+/m0/s1. The fourth-order valence-corrected chi connectivity index (χ4v) is 2.45. The molecule has 2 bridgehead atoms. The number of nitrogens with two attached hydrogens (primary N) is 1. The fourth-order valence-electron chi connectivity index (χ4n) is 2.45. The van der Waals surface area contributed by atoms with Gasteiger partial charge in [-0.1, -0.05) is 0 Å². The van der Waals surface area contributed by atoms with Gasteiger partial charge in [0.2, 0.25) is 0 Å². The zero-order chi connectivity index (χ0) is 15.9. The summed E-state index contributed by atoms with van der Waals surface area (Å²) in [4.78, 5) is 35.9. The molecule has 0 aromatic rings. The number of fused-ring (bicyclic) bond motifs is 2. The van der Waals surface area contributed by atoms with E-state index in [-0.39, 0.29) is 24.4 Å². The molecule has 2 aliphatic heterocycles. The van der Waals surface area contributed by atoms with Crippen LogP contribution in [0, 0.1) is 0 Å². The highest BCUT2D eigenvalue weighted by Crippen LogP contribution is 2.29. The minimum atomic E-state index is -4.78. The predicted molar refractivity (Wildman–Crippen MR) is 59.2 cm³/mol. The second-order valence-corrected chi connectivity index (χ2v) is 4.92. The van der Waals surface area contributed by atoms with Gasteiger partial charge in [-0.25, -0.2) is 20.7 Å². The second kappa shape index (κ2) is 5.15. The molecule has 2 heterocycles. The summed E-state index contributed by atoms with van der Waals surface area (Å²) in [5.41, 5.74) is 0. The van der Waals surface area contributed by atoms with Crippen molar-refractivity contribution in [2.24, 2.45) is 5.84 Å². The number of carbonyl (C=O) groups excluding carboxylic acids is 3. The average molecular weight is 310 g/mol. The van der Waals surface area contributed by atoms with Crippen molar-refractivity contribution in [3.8, 4) is 0 Å². The number of rotatable bonds is 2. The molecule has 2 atom stereocenters. The molecule has 11 heteroatoms. The van der Waals surface area contributed by atoms with Crippen molar-refractivity contribution in [2.45, 2.75) is 37.5 Å². The van der Waals surface area contributed by atoms with Crippen molar-refractivity contribution in [1.82, 2.24) is 15.0 Å². The summed E-state index contributed by atoms with van der Waals surface area (Å²) in [7, 11) is 0. The number of hydrogen-bond acceptors (Lipinski definition) is 5. The number of hydrazine groups is 1. The van der Waals surface area contributed by atoms with Gasteiger partial charge in [-0.15, -0.1) is 0 Å². The lowest BCUT2D eigenvalue weighted by Crippen LogP contribution is -2.55. The Labute approximate surface area is 116 Å². The highest BCUT2D eigenvalue weighted by Gasteiger charge is 2.48. The lowest BCUT2D eigenvalue weighted by atomic mass is 10.00. The molecule has 0 spiro atoms. The minimum Gasteiger partial charge on any atom is -0.309 e. The van der Waals surface area contributed by atoms with Crippen LogP contribution in [0.15, 0.2) is 0 Å². The molecule has 3 N–H and O–H groups in total. The molecule has 21 heavy (non-hydrogen) atoms. The normalized spacial score (nSPS) is 25.3. The third-order valence-corrected chi connectivity index (χ3v) is 3.49. The molecule has 2 rings (SSSR count). The van der Waals surface area contributed by atoms with Crippen molar-refractivity contribution in [3.63, 3.8) is 0 Å². The fraction of sp³-hybridized carbons (Fsp3) is 0.700. The summed E-state index contributed by atoms with van der Waals surface area (Å²) >= 11 is 0.